The summed E-state index contributed by atoms with van der Waals surface area (Å²) < 4.78 is 1.65. The third-order valence-corrected chi connectivity index (χ3v) is 3.63. The minimum atomic E-state index is -0.0706. The number of hydrogen-bond donors (Lipinski definition) is 1. The van der Waals surface area contributed by atoms with Gasteiger partial charge in [-0.15, -0.1) is 0 Å². The zero-order valence-electron chi connectivity index (χ0n) is 10.9. The van der Waals surface area contributed by atoms with E-state index in [1.807, 2.05) is 12.1 Å². The maximum Gasteiger partial charge on any atom is 0.274 e. The minimum Gasteiger partial charge on any atom is -0.336 e. The molecule has 5 nitrogen and oxygen atoms in total. The van der Waals surface area contributed by atoms with Crippen LogP contribution in [0.25, 0.3) is 5.69 Å². The standard InChI is InChI=1S/C14H15ClN4O/c15-10-2-1-3-12(8-10)19-7-5-13(17-19)14(20)18-6-4-11(16)9-18/h1-3,5,7-8,11H,4,6,9,16H2. The van der Waals surface area contributed by atoms with Crippen molar-refractivity contribution >= 4 is 17.5 Å². The SMILES string of the molecule is NC1CCN(C(=O)c2ccn(-c3cccc(Cl)c3)n2)C1. The Hall–Kier alpha value is -1.85. The van der Waals surface area contributed by atoms with Gasteiger partial charge >= 0.3 is 0 Å². The number of halogens is 1. The summed E-state index contributed by atoms with van der Waals surface area (Å²) in [6.07, 6.45) is 2.61. The molecule has 0 aliphatic carbocycles. The van der Waals surface area contributed by atoms with Crippen LogP contribution in [-0.2, 0) is 0 Å². The largest absolute Gasteiger partial charge is 0.336 e. The van der Waals surface area contributed by atoms with Crippen LogP contribution in [0.4, 0.5) is 0 Å². The Morgan fingerprint density at radius 3 is 2.95 bits per heavy atom. The number of rotatable bonds is 2. The summed E-state index contributed by atoms with van der Waals surface area (Å²) >= 11 is 5.95. The molecule has 1 unspecified atom stereocenters. The average molecular weight is 291 g/mol. The Bertz CT molecular complexity index is 640. The van der Waals surface area contributed by atoms with Gasteiger partial charge in [0.15, 0.2) is 5.69 Å². The molecule has 0 spiro atoms. The van der Waals surface area contributed by atoms with Crippen molar-refractivity contribution in [3.8, 4) is 5.69 Å². The zero-order valence-corrected chi connectivity index (χ0v) is 11.6. The molecular weight excluding hydrogens is 276 g/mol. The molecule has 6 heteroatoms. The first-order valence-corrected chi connectivity index (χ1v) is 6.88. The van der Waals surface area contributed by atoms with Crippen molar-refractivity contribution in [1.29, 1.82) is 0 Å². The molecule has 104 valence electrons. The predicted octanol–water partition coefficient (Wildman–Crippen LogP) is 1.70. The van der Waals surface area contributed by atoms with Crippen LogP contribution < -0.4 is 5.73 Å². The van der Waals surface area contributed by atoms with Gasteiger partial charge in [0, 0.05) is 30.4 Å². The van der Waals surface area contributed by atoms with Crippen molar-refractivity contribution in [2.24, 2.45) is 5.73 Å². The third-order valence-electron chi connectivity index (χ3n) is 3.39. The lowest BCUT2D eigenvalue weighted by atomic mass is 10.3. The lowest BCUT2D eigenvalue weighted by molar-refractivity contribution is 0.0784. The molecule has 0 bridgehead atoms. The van der Waals surface area contributed by atoms with E-state index in [2.05, 4.69) is 5.10 Å². The minimum absolute atomic E-state index is 0.0706. The molecule has 2 aromatic rings. The zero-order chi connectivity index (χ0) is 14.1. The summed E-state index contributed by atoms with van der Waals surface area (Å²) in [6, 6.07) is 9.13. The summed E-state index contributed by atoms with van der Waals surface area (Å²) in [5.41, 5.74) is 7.08. The van der Waals surface area contributed by atoms with E-state index in [0.717, 1.165) is 12.1 Å². The lowest BCUT2D eigenvalue weighted by Crippen LogP contribution is -2.32. The Labute approximate surface area is 121 Å². The Morgan fingerprint density at radius 2 is 2.25 bits per heavy atom. The maximum atomic E-state index is 12.3. The fourth-order valence-corrected chi connectivity index (χ4v) is 2.52. The molecule has 1 aromatic heterocycles. The van der Waals surface area contributed by atoms with E-state index < -0.39 is 0 Å². The van der Waals surface area contributed by atoms with Crippen LogP contribution >= 0.6 is 11.6 Å². The molecule has 1 fully saturated rings. The van der Waals surface area contributed by atoms with Gasteiger partial charge in [-0.25, -0.2) is 4.68 Å². The van der Waals surface area contributed by atoms with E-state index in [1.165, 1.54) is 0 Å². The van der Waals surface area contributed by atoms with E-state index in [-0.39, 0.29) is 11.9 Å². The number of benzene rings is 1. The Balaban J connectivity index is 1.81. The summed E-state index contributed by atoms with van der Waals surface area (Å²) in [4.78, 5) is 14.0. The number of carbonyl (C=O) groups is 1. The highest BCUT2D eigenvalue weighted by molar-refractivity contribution is 6.30. The van der Waals surface area contributed by atoms with Crippen molar-refractivity contribution in [3.05, 3.63) is 47.2 Å². The molecule has 1 aromatic carbocycles. The van der Waals surface area contributed by atoms with Gasteiger partial charge in [0.05, 0.1) is 5.69 Å². The van der Waals surface area contributed by atoms with Gasteiger partial charge in [-0.1, -0.05) is 17.7 Å². The van der Waals surface area contributed by atoms with Crippen molar-refractivity contribution < 1.29 is 4.79 Å². The van der Waals surface area contributed by atoms with E-state index >= 15 is 0 Å². The number of aromatic nitrogens is 2. The van der Waals surface area contributed by atoms with Crippen LogP contribution in [0.5, 0.6) is 0 Å². The highest BCUT2D eigenvalue weighted by atomic mass is 35.5. The summed E-state index contributed by atoms with van der Waals surface area (Å²) in [7, 11) is 0. The van der Waals surface area contributed by atoms with Crippen LogP contribution in [0.1, 0.15) is 16.9 Å². The molecule has 0 radical (unpaired) electrons. The van der Waals surface area contributed by atoms with Crippen LogP contribution in [0.2, 0.25) is 5.02 Å². The van der Waals surface area contributed by atoms with Gasteiger partial charge in [-0.2, -0.15) is 5.10 Å². The molecular formula is C14H15ClN4O. The van der Waals surface area contributed by atoms with Crippen LogP contribution in [0, 0.1) is 0 Å². The van der Waals surface area contributed by atoms with Crippen LogP contribution in [0.15, 0.2) is 36.5 Å². The number of nitrogens with zero attached hydrogens (tertiary/aromatic N) is 3. The lowest BCUT2D eigenvalue weighted by Gasteiger charge is -2.13. The van der Waals surface area contributed by atoms with E-state index in [0.29, 0.717) is 23.8 Å². The highest BCUT2D eigenvalue weighted by Crippen LogP contribution is 2.16. The molecule has 0 saturated carbocycles. The van der Waals surface area contributed by atoms with Gasteiger partial charge in [-0.05, 0) is 30.7 Å². The number of amides is 1. The topological polar surface area (TPSA) is 64.2 Å². The van der Waals surface area contributed by atoms with Gasteiger partial charge < -0.3 is 10.6 Å². The molecule has 1 saturated heterocycles. The fraction of sp³-hybridized carbons (Fsp3) is 0.286. The van der Waals surface area contributed by atoms with Gasteiger partial charge in [0.1, 0.15) is 0 Å². The Morgan fingerprint density at radius 1 is 1.40 bits per heavy atom. The first-order chi connectivity index (χ1) is 9.63. The van der Waals surface area contributed by atoms with Gasteiger partial charge in [0.2, 0.25) is 0 Å². The molecule has 2 N–H and O–H groups in total. The highest BCUT2D eigenvalue weighted by Gasteiger charge is 2.25. The van der Waals surface area contributed by atoms with Gasteiger partial charge in [0.25, 0.3) is 5.91 Å². The Kier molecular flexibility index (Phi) is 3.46. The molecule has 1 amide bonds. The number of hydrogen-bond acceptors (Lipinski definition) is 3. The molecule has 1 aliphatic heterocycles. The first-order valence-electron chi connectivity index (χ1n) is 6.50. The van der Waals surface area contributed by atoms with Crippen LogP contribution in [0.3, 0.4) is 0 Å². The monoisotopic (exact) mass is 290 g/mol. The van der Waals surface area contributed by atoms with Crippen molar-refractivity contribution in [3.63, 3.8) is 0 Å². The van der Waals surface area contributed by atoms with E-state index in [9.17, 15) is 4.79 Å². The van der Waals surface area contributed by atoms with Gasteiger partial charge in [-0.3, -0.25) is 4.79 Å². The molecule has 3 rings (SSSR count). The number of likely N-dealkylation sites (tertiary alicyclic amines) is 1. The number of nitrogens with two attached hydrogens (primary N) is 1. The van der Waals surface area contributed by atoms with E-state index in [1.54, 1.807) is 34.0 Å². The van der Waals surface area contributed by atoms with Crippen LogP contribution in [-0.4, -0.2) is 39.7 Å². The predicted molar refractivity (Wildman–Crippen MR) is 77.1 cm³/mol. The molecule has 1 aliphatic rings. The van der Waals surface area contributed by atoms with Crippen molar-refractivity contribution in [2.45, 2.75) is 12.5 Å². The smallest absolute Gasteiger partial charge is 0.274 e. The second-order valence-electron chi connectivity index (χ2n) is 4.93. The molecule has 1 atom stereocenters. The first kappa shape index (κ1) is 13.1. The average Bonchev–Trinajstić information content (AvgIpc) is 3.07. The second kappa shape index (κ2) is 5.26. The quantitative estimate of drug-likeness (QED) is 0.915. The molecule has 2 heterocycles. The normalized spacial score (nSPS) is 18.5. The van der Waals surface area contributed by atoms with Crippen molar-refractivity contribution in [2.75, 3.05) is 13.1 Å². The molecule has 20 heavy (non-hydrogen) atoms. The van der Waals surface area contributed by atoms with Crippen molar-refractivity contribution in [1.82, 2.24) is 14.7 Å². The maximum absolute atomic E-state index is 12.3. The third kappa shape index (κ3) is 2.55. The summed E-state index contributed by atoms with van der Waals surface area (Å²) in [6.45, 7) is 1.30. The summed E-state index contributed by atoms with van der Waals surface area (Å²) in [5.74, 6) is -0.0706. The number of carbonyl (C=O) groups excluding carboxylic acids is 1. The van der Waals surface area contributed by atoms with E-state index in [4.69, 9.17) is 17.3 Å². The summed E-state index contributed by atoms with van der Waals surface area (Å²) in [5, 5.41) is 4.95. The second-order valence-corrected chi connectivity index (χ2v) is 5.36. The fourth-order valence-electron chi connectivity index (χ4n) is 2.33.